The molecule has 1 aliphatic carbocycles. The summed E-state index contributed by atoms with van der Waals surface area (Å²) in [5.74, 6) is 0. The van der Waals surface area contributed by atoms with Crippen molar-refractivity contribution in [2.75, 3.05) is 10.2 Å². The molecule has 344 valence electrons. The Hall–Kier alpha value is -9.50. The van der Waals surface area contributed by atoms with Gasteiger partial charge in [0, 0.05) is 34.5 Å². The number of para-hydroxylation sites is 1. The van der Waals surface area contributed by atoms with Crippen LogP contribution in [0.3, 0.4) is 0 Å². The van der Waals surface area contributed by atoms with Gasteiger partial charge in [0.05, 0.1) is 5.41 Å². The molecular formula is C71H50N2. The van der Waals surface area contributed by atoms with E-state index in [2.05, 4.69) is 289 Å². The predicted molar refractivity (Wildman–Crippen MR) is 309 cm³/mol. The minimum absolute atomic E-state index is 0.524. The van der Waals surface area contributed by atoms with Crippen LogP contribution < -0.4 is 10.2 Å². The van der Waals surface area contributed by atoms with Gasteiger partial charge in [0.1, 0.15) is 0 Å². The summed E-state index contributed by atoms with van der Waals surface area (Å²) in [5, 5.41) is 6.00. The predicted octanol–water partition coefficient (Wildman–Crippen LogP) is 18.8. The second-order valence-electron chi connectivity index (χ2n) is 18.9. The highest BCUT2D eigenvalue weighted by Gasteiger charge is 2.46. The van der Waals surface area contributed by atoms with Crippen molar-refractivity contribution in [1.29, 1.82) is 0 Å². The summed E-state index contributed by atoms with van der Waals surface area (Å²) in [5.41, 5.74) is 22.0. The van der Waals surface area contributed by atoms with Gasteiger partial charge in [0.25, 0.3) is 0 Å². The first-order chi connectivity index (χ1) is 36.2. The first-order valence-corrected chi connectivity index (χ1v) is 25.2. The van der Waals surface area contributed by atoms with Crippen LogP contribution in [0, 0.1) is 0 Å². The molecule has 0 unspecified atom stereocenters. The summed E-state index contributed by atoms with van der Waals surface area (Å²) in [6, 6.07) is 95.9. The molecule has 0 saturated carbocycles. The van der Waals surface area contributed by atoms with E-state index in [1.165, 1.54) is 77.5 Å². The Bertz CT molecular complexity index is 3870. The molecule has 0 aromatic heterocycles. The van der Waals surface area contributed by atoms with Crippen molar-refractivity contribution in [1.82, 2.24) is 0 Å². The fourth-order valence-corrected chi connectivity index (χ4v) is 11.4. The van der Waals surface area contributed by atoms with Crippen molar-refractivity contribution in [2.45, 2.75) is 5.41 Å². The van der Waals surface area contributed by atoms with Crippen molar-refractivity contribution < 1.29 is 0 Å². The molecule has 0 amide bonds. The Morgan fingerprint density at radius 2 is 0.877 bits per heavy atom. The highest BCUT2D eigenvalue weighted by molar-refractivity contribution is 5.97. The third kappa shape index (κ3) is 7.78. The highest BCUT2D eigenvalue weighted by Crippen LogP contribution is 2.57. The number of hydrogen-bond acceptors (Lipinski definition) is 2. The summed E-state index contributed by atoms with van der Waals surface area (Å²) in [6.07, 6.45) is 12.4. The zero-order valence-electron chi connectivity index (χ0n) is 40.2. The summed E-state index contributed by atoms with van der Waals surface area (Å²) in [6.45, 7) is 0. The third-order valence-electron chi connectivity index (χ3n) is 14.8. The lowest BCUT2D eigenvalue weighted by atomic mass is 9.67. The molecule has 0 atom stereocenters. The number of nitrogens with one attached hydrogen (secondary N) is 1. The second kappa shape index (κ2) is 18.7. The Balaban J connectivity index is 0.925. The SMILES string of the molecule is C1=C\C=C\Nc2ccccc2-c2cc(-c3cccc(-c4ccc(N(c5ccc(-c6cccc7ccccc67)cc5)c5ccc6c(c5)C(c5ccccc5)(c5ccccc5)c5ccccc5-6)cc4)c3)ccc2\C=C/1. The van der Waals surface area contributed by atoms with Crippen molar-refractivity contribution in [2.24, 2.45) is 0 Å². The summed E-state index contributed by atoms with van der Waals surface area (Å²) in [4.78, 5) is 2.42. The molecule has 0 spiro atoms. The Kier molecular flexibility index (Phi) is 11.1. The molecule has 1 N–H and O–H groups in total. The largest absolute Gasteiger partial charge is 0.361 e. The van der Waals surface area contributed by atoms with E-state index >= 15 is 0 Å². The lowest BCUT2D eigenvalue weighted by molar-refractivity contribution is 0.768. The maximum absolute atomic E-state index is 3.51. The third-order valence-corrected chi connectivity index (χ3v) is 14.8. The van der Waals surface area contributed by atoms with Gasteiger partial charge in [-0.15, -0.1) is 0 Å². The second-order valence-corrected chi connectivity index (χ2v) is 18.9. The van der Waals surface area contributed by atoms with Crippen LogP contribution in [0.5, 0.6) is 0 Å². The molecule has 1 heterocycles. The molecular weight excluding hydrogens is 881 g/mol. The number of benzene rings is 11. The summed E-state index contributed by atoms with van der Waals surface area (Å²) >= 11 is 0. The number of fused-ring (bicyclic) bond motifs is 7. The monoisotopic (exact) mass is 930 g/mol. The van der Waals surface area contributed by atoms with E-state index in [1.807, 2.05) is 18.4 Å². The minimum Gasteiger partial charge on any atom is -0.361 e. The quantitative estimate of drug-likeness (QED) is 0.163. The first kappa shape index (κ1) is 43.5. The van der Waals surface area contributed by atoms with Gasteiger partial charge in [0.2, 0.25) is 0 Å². The molecule has 73 heavy (non-hydrogen) atoms. The lowest BCUT2D eigenvalue weighted by Gasteiger charge is -2.35. The molecule has 11 aromatic carbocycles. The smallest absolute Gasteiger partial charge is 0.0714 e. The van der Waals surface area contributed by atoms with Gasteiger partial charge in [-0.25, -0.2) is 0 Å². The van der Waals surface area contributed by atoms with E-state index in [4.69, 9.17) is 0 Å². The van der Waals surface area contributed by atoms with Gasteiger partial charge in [-0.05, 0) is 149 Å². The van der Waals surface area contributed by atoms with Gasteiger partial charge in [-0.3, -0.25) is 0 Å². The molecule has 0 saturated heterocycles. The fourth-order valence-electron chi connectivity index (χ4n) is 11.4. The van der Waals surface area contributed by atoms with Crippen LogP contribution in [0.2, 0.25) is 0 Å². The van der Waals surface area contributed by atoms with E-state index < -0.39 is 5.41 Å². The number of hydrogen-bond donors (Lipinski definition) is 1. The molecule has 11 aromatic rings. The fraction of sp³-hybridized carbons (Fsp3) is 0.0141. The average molecular weight is 931 g/mol. The van der Waals surface area contributed by atoms with Crippen LogP contribution in [0.15, 0.2) is 291 Å². The van der Waals surface area contributed by atoms with Crippen molar-refractivity contribution in [3.05, 3.63) is 319 Å². The maximum atomic E-state index is 3.51. The van der Waals surface area contributed by atoms with Crippen LogP contribution in [0.25, 0.3) is 72.5 Å². The van der Waals surface area contributed by atoms with Gasteiger partial charge in [0.15, 0.2) is 0 Å². The molecule has 13 rings (SSSR count). The van der Waals surface area contributed by atoms with E-state index in [-0.39, 0.29) is 0 Å². The topological polar surface area (TPSA) is 15.3 Å². The van der Waals surface area contributed by atoms with Crippen LogP contribution in [0.1, 0.15) is 27.8 Å². The average Bonchev–Trinajstić information content (AvgIpc) is 3.76. The number of anilines is 4. The van der Waals surface area contributed by atoms with Crippen LogP contribution >= 0.6 is 0 Å². The van der Waals surface area contributed by atoms with Crippen LogP contribution in [0.4, 0.5) is 22.7 Å². The van der Waals surface area contributed by atoms with E-state index in [0.717, 1.165) is 39.4 Å². The van der Waals surface area contributed by atoms with Crippen LogP contribution in [-0.4, -0.2) is 0 Å². The van der Waals surface area contributed by atoms with Crippen molar-refractivity contribution >= 4 is 39.6 Å². The first-order valence-electron chi connectivity index (χ1n) is 25.2. The normalized spacial score (nSPS) is 14.3. The summed E-state index contributed by atoms with van der Waals surface area (Å²) in [7, 11) is 0. The van der Waals surface area contributed by atoms with Gasteiger partial charge >= 0.3 is 0 Å². The zero-order valence-corrected chi connectivity index (χ0v) is 40.2. The lowest BCUT2D eigenvalue weighted by Crippen LogP contribution is -2.28. The number of nitrogens with zero attached hydrogens (tertiary/aromatic N) is 1. The van der Waals surface area contributed by atoms with Gasteiger partial charge < -0.3 is 10.2 Å². The van der Waals surface area contributed by atoms with Gasteiger partial charge in [-0.2, -0.15) is 0 Å². The van der Waals surface area contributed by atoms with Crippen molar-refractivity contribution in [3.63, 3.8) is 0 Å². The molecule has 1 aliphatic heterocycles. The van der Waals surface area contributed by atoms with E-state index in [1.54, 1.807) is 0 Å². The minimum atomic E-state index is -0.524. The van der Waals surface area contributed by atoms with E-state index in [9.17, 15) is 0 Å². The molecule has 0 bridgehead atoms. The Morgan fingerprint density at radius 1 is 0.315 bits per heavy atom. The Morgan fingerprint density at radius 3 is 1.66 bits per heavy atom. The highest BCUT2D eigenvalue weighted by atomic mass is 15.1. The maximum Gasteiger partial charge on any atom is 0.0714 e. The molecule has 0 fully saturated rings. The Labute approximate surface area is 427 Å². The standard InChI is InChI=1S/C71H50N2/c1-2-16-46-72-70-33-15-13-30-66(70)67-48-56(35-34-52(67)19-5-1)55-23-17-22-54(47-55)50-36-40-59(41-37-50)73(60-42-38-53(39-43-60)63-31-18-21-51-20-10-11-28-62(51)63)61-44-45-65-64-29-12-14-32-68(64)71(69(65)49-61,57-24-6-3-7-25-57)58-26-8-4-9-27-58/h1-49,72H/b2-1-,19-5-,46-16+. The van der Waals surface area contributed by atoms with E-state index in [0.29, 0.717) is 0 Å². The molecule has 2 nitrogen and oxygen atoms in total. The van der Waals surface area contributed by atoms with Crippen LogP contribution in [-0.2, 0) is 5.41 Å². The molecule has 2 heteroatoms. The molecule has 2 aliphatic rings. The van der Waals surface area contributed by atoms with Gasteiger partial charge in [-0.1, -0.05) is 231 Å². The number of allylic oxidation sites excluding steroid dienone is 4. The number of rotatable bonds is 8. The summed E-state index contributed by atoms with van der Waals surface area (Å²) < 4.78 is 0. The van der Waals surface area contributed by atoms with Crippen molar-refractivity contribution in [3.8, 4) is 55.6 Å². The zero-order chi connectivity index (χ0) is 48.6. The molecule has 0 radical (unpaired) electrons.